The van der Waals surface area contributed by atoms with E-state index in [1.165, 1.54) is 30.1 Å². The first kappa shape index (κ1) is 11.8. The van der Waals surface area contributed by atoms with Crippen LogP contribution in [0.2, 0.25) is 0 Å². The van der Waals surface area contributed by atoms with Gasteiger partial charge < -0.3 is 10.0 Å². The molecule has 5 nitrogen and oxygen atoms in total. The Kier molecular flexibility index (Phi) is 3.28. The van der Waals surface area contributed by atoms with Gasteiger partial charge in [0, 0.05) is 11.9 Å². The normalized spacial score (nSPS) is 19.4. The van der Waals surface area contributed by atoms with Gasteiger partial charge in [0.1, 0.15) is 6.04 Å². The summed E-state index contributed by atoms with van der Waals surface area (Å²) >= 11 is 1.33. The Morgan fingerprint density at radius 3 is 3.00 bits per heavy atom. The van der Waals surface area contributed by atoms with Crippen LogP contribution < -0.4 is 0 Å². The van der Waals surface area contributed by atoms with Crippen LogP contribution in [0.3, 0.4) is 0 Å². The van der Waals surface area contributed by atoms with Gasteiger partial charge in [-0.2, -0.15) is 4.39 Å². The van der Waals surface area contributed by atoms with Crippen molar-refractivity contribution in [1.29, 1.82) is 0 Å². The van der Waals surface area contributed by atoms with Crippen molar-refractivity contribution in [2.24, 2.45) is 0 Å². The second-order valence-corrected chi connectivity index (χ2v) is 4.47. The van der Waals surface area contributed by atoms with Gasteiger partial charge in [0.25, 0.3) is 5.91 Å². The zero-order valence-electron chi connectivity index (χ0n) is 8.67. The van der Waals surface area contributed by atoms with Crippen LogP contribution in [0.1, 0.15) is 10.4 Å². The molecule has 1 fully saturated rings. The summed E-state index contributed by atoms with van der Waals surface area (Å²) in [7, 11) is 0. The highest BCUT2D eigenvalue weighted by molar-refractivity contribution is 7.99. The predicted octanol–water partition coefficient (Wildman–Crippen LogP) is 0.820. The molecule has 1 saturated heterocycles. The van der Waals surface area contributed by atoms with Gasteiger partial charge in [-0.15, -0.1) is 11.8 Å². The number of carbonyl (C=O) groups excluding carboxylic acids is 1. The van der Waals surface area contributed by atoms with Crippen molar-refractivity contribution in [3.63, 3.8) is 0 Å². The molecule has 1 N–H and O–H groups in total. The number of rotatable bonds is 2. The molecule has 1 aliphatic rings. The lowest BCUT2D eigenvalue weighted by Gasteiger charge is -2.20. The molecule has 2 heterocycles. The quantitative estimate of drug-likeness (QED) is 0.793. The maximum Gasteiger partial charge on any atom is 0.327 e. The largest absolute Gasteiger partial charge is 0.480 e. The Morgan fingerprint density at radius 1 is 1.59 bits per heavy atom. The molecule has 1 amide bonds. The number of amides is 1. The van der Waals surface area contributed by atoms with Crippen molar-refractivity contribution in [1.82, 2.24) is 9.88 Å². The number of hydrogen-bond acceptors (Lipinski definition) is 4. The van der Waals surface area contributed by atoms with Crippen LogP contribution in [-0.4, -0.2) is 44.5 Å². The molecule has 0 aliphatic carbocycles. The third-order valence-corrected chi connectivity index (χ3v) is 3.43. The molecule has 1 aromatic rings. The third-order valence-electron chi connectivity index (χ3n) is 2.42. The third kappa shape index (κ3) is 2.23. The number of carboxylic acid groups (broad SMARTS) is 1. The molecule has 0 spiro atoms. The second-order valence-electron chi connectivity index (χ2n) is 3.47. The maximum absolute atomic E-state index is 13.3. The lowest BCUT2D eigenvalue weighted by molar-refractivity contribution is -0.140. The van der Waals surface area contributed by atoms with E-state index in [1.807, 2.05) is 0 Å². The number of hydrogen-bond donors (Lipinski definition) is 1. The highest BCUT2D eigenvalue weighted by Crippen LogP contribution is 2.23. The first-order valence-electron chi connectivity index (χ1n) is 4.83. The van der Waals surface area contributed by atoms with E-state index in [9.17, 15) is 14.0 Å². The van der Waals surface area contributed by atoms with E-state index in [4.69, 9.17) is 5.11 Å². The number of nitrogens with zero attached hydrogens (tertiary/aromatic N) is 2. The van der Waals surface area contributed by atoms with Crippen LogP contribution >= 0.6 is 11.8 Å². The maximum atomic E-state index is 13.3. The highest BCUT2D eigenvalue weighted by Gasteiger charge is 2.35. The summed E-state index contributed by atoms with van der Waals surface area (Å²) in [5.41, 5.74) is -0.193. The molecule has 1 aliphatic heterocycles. The molecule has 0 saturated carbocycles. The summed E-state index contributed by atoms with van der Waals surface area (Å²) in [5.74, 6) is -2.01. The average Bonchev–Trinajstić information content (AvgIpc) is 2.77. The van der Waals surface area contributed by atoms with E-state index < -0.39 is 23.9 Å². The average molecular weight is 256 g/mol. The van der Waals surface area contributed by atoms with Crippen LogP contribution in [0.5, 0.6) is 0 Å². The van der Waals surface area contributed by atoms with Gasteiger partial charge in [-0.1, -0.05) is 0 Å². The molecule has 90 valence electrons. The zero-order chi connectivity index (χ0) is 12.4. The Labute approximate surface area is 101 Å². The molecule has 0 bridgehead atoms. The molecule has 0 aromatic carbocycles. The number of aliphatic carboxylic acids is 1. The van der Waals surface area contributed by atoms with Crippen LogP contribution in [0.15, 0.2) is 18.3 Å². The van der Waals surface area contributed by atoms with E-state index in [0.29, 0.717) is 5.75 Å². The second kappa shape index (κ2) is 4.70. The number of pyridine rings is 1. The van der Waals surface area contributed by atoms with E-state index in [1.54, 1.807) is 0 Å². The van der Waals surface area contributed by atoms with Crippen LogP contribution in [-0.2, 0) is 4.79 Å². The Morgan fingerprint density at radius 2 is 2.35 bits per heavy atom. The summed E-state index contributed by atoms with van der Waals surface area (Å²) in [6, 6.07) is 1.84. The van der Waals surface area contributed by atoms with Crippen molar-refractivity contribution >= 4 is 23.6 Å². The first-order valence-corrected chi connectivity index (χ1v) is 5.98. The van der Waals surface area contributed by atoms with Gasteiger partial charge in [0.05, 0.1) is 11.4 Å². The minimum Gasteiger partial charge on any atom is -0.480 e. The summed E-state index contributed by atoms with van der Waals surface area (Å²) in [4.78, 5) is 27.4. The molecule has 1 atom stereocenters. The molecule has 17 heavy (non-hydrogen) atoms. The van der Waals surface area contributed by atoms with Gasteiger partial charge >= 0.3 is 5.97 Å². The lowest BCUT2D eigenvalue weighted by Crippen LogP contribution is -2.42. The van der Waals surface area contributed by atoms with Crippen molar-refractivity contribution in [3.05, 3.63) is 29.8 Å². The predicted molar refractivity (Wildman–Crippen MR) is 59.1 cm³/mol. The summed E-state index contributed by atoms with van der Waals surface area (Å²) in [6.45, 7) is 0. The Bertz CT molecular complexity index is 469. The van der Waals surface area contributed by atoms with Crippen molar-refractivity contribution in [2.75, 3.05) is 11.6 Å². The van der Waals surface area contributed by atoms with Crippen LogP contribution in [0.4, 0.5) is 4.39 Å². The van der Waals surface area contributed by atoms with Gasteiger partial charge in [0.2, 0.25) is 5.95 Å². The number of carboxylic acids is 1. The fourth-order valence-corrected chi connectivity index (χ4v) is 2.69. The number of aromatic nitrogens is 1. The van der Waals surface area contributed by atoms with E-state index in [0.717, 1.165) is 4.90 Å². The zero-order valence-corrected chi connectivity index (χ0v) is 9.48. The summed E-state index contributed by atoms with van der Waals surface area (Å²) in [6.07, 6.45) is 1.24. The molecular weight excluding hydrogens is 247 g/mol. The molecule has 0 unspecified atom stereocenters. The first-order chi connectivity index (χ1) is 8.11. The van der Waals surface area contributed by atoms with Crippen molar-refractivity contribution in [3.8, 4) is 0 Å². The molecular formula is C10H9FN2O3S. The van der Waals surface area contributed by atoms with Gasteiger partial charge in [-0.25, -0.2) is 9.78 Å². The molecule has 1 aromatic heterocycles. The Balaban J connectivity index is 2.26. The fraction of sp³-hybridized carbons (Fsp3) is 0.300. The number of halogens is 1. The number of thioether (sulfide) groups is 1. The SMILES string of the molecule is O=C(O)[C@@H]1CSCN1C(=O)c1cccnc1F. The smallest absolute Gasteiger partial charge is 0.327 e. The molecule has 7 heteroatoms. The Hall–Kier alpha value is -1.63. The standard InChI is InChI=1S/C10H9FN2O3S/c11-8-6(2-1-3-12-8)9(14)13-5-17-4-7(13)10(15)16/h1-3,7H,4-5H2,(H,15,16)/t7-/m0/s1. The van der Waals surface area contributed by atoms with Crippen LogP contribution in [0.25, 0.3) is 0 Å². The topological polar surface area (TPSA) is 70.5 Å². The minimum absolute atomic E-state index is 0.193. The summed E-state index contributed by atoms with van der Waals surface area (Å²) < 4.78 is 13.3. The van der Waals surface area contributed by atoms with E-state index in [2.05, 4.69) is 4.98 Å². The van der Waals surface area contributed by atoms with Crippen LogP contribution in [0, 0.1) is 5.95 Å². The van der Waals surface area contributed by atoms with Crippen molar-refractivity contribution < 1.29 is 19.1 Å². The van der Waals surface area contributed by atoms with Gasteiger partial charge in [-0.05, 0) is 12.1 Å². The van der Waals surface area contributed by atoms with E-state index >= 15 is 0 Å². The monoisotopic (exact) mass is 256 g/mol. The van der Waals surface area contributed by atoms with E-state index in [-0.39, 0.29) is 11.4 Å². The minimum atomic E-state index is -1.08. The molecule has 2 rings (SSSR count). The molecule has 0 radical (unpaired) electrons. The van der Waals surface area contributed by atoms with Gasteiger partial charge in [-0.3, -0.25) is 4.79 Å². The number of carbonyl (C=O) groups is 2. The lowest BCUT2D eigenvalue weighted by atomic mass is 10.2. The van der Waals surface area contributed by atoms with Crippen molar-refractivity contribution in [2.45, 2.75) is 6.04 Å². The highest BCUT2D eigenvalue weighted by atomic mass is 32.2. The summed E-state index contributed by atoms with van der Waals surface area (Å²) in [5, 5.41) is 8.93. The fourth-order valence-electron chi connectivity index (χ4n) is 1.55. The van der Waals surface area contributed by atoms with Gasteiger partial charge in [0.15, 0.2) is 0 Å².